The molecule has 314 valence electrons. The van der Waals surface area contributed by atoms with Crippen LogP contribution in [0.4, 0.5) is 17.1 Å². The van der Waals surface area contributed by atoms with Crippen LogP contribution in [-0.4, -0.2) is 4.57 Å². The minimum Gasteiger partial charge on any atom is -0.456 e. The summed E-state index contributed by atoms with van der Waals surface area (Å²) in [5, 5.41) is 7.15. The summed E-state index contributed by atoms with van der Waals surface area (Å²) < 4.78 is 8.67. The van der Waals surface area contributed by atoms with Crippen molar-refractivity contribution in [3.05, 3.63) is 255 Å². The predicted octanol–water partition coefficient (Wildman–Crippen LogP) is 18.0. The number of rotatable bonds is 8. The van der Waals surface area contributed by atoms with E-state index in [0.717, 1.165) is 72.5 Å². The summed E-state index contributed by atoms with van der Waals surface area (Å²) in [5.41, 5.74) is 18.0. The molecule has 11 aromatic carbocycles. The van der Waals surface area contributed by atoms with Gasteiger partial charge >= 0.3 is 0 Å². The number of hydrogen-bond acceptors (Lipinski definition) is 2. The molecule has 0 aliphatic rings. The molecule has 0 unspecified atom stereocenters. The van der Waals surface area contributed by atoms with E-state index in [0.29, 0.717) is 0 Å². The number of hydrogen-bond donors (Lipinski definition) is 0. The van der Waals surface area contributed by atoms with Crippen molar-refractivity contribution in [2.24, 2.45) is 0 Å². The third-order valence-electron chi connectivity index (χ3n) is 13.4. The van der Waals surface area contributed by atoms with Crippen molar-refractivity contribution in [3.8, 4) is 50.2 Å². The number of anilines is 3. The van der Waals surface area contributed by atoms with Crippen molar-refractivity contribution in [2.45, 2.75) is 0 Å². The quantitative estimate of drug-likeness (QED) is 0.152. The van der Waals surface area contributed by atoms with Gasteiger partial charge in [0.05, 0.1) is 11.0 Å². The van der Waals surface area contributed by atoms with Gasteiger partial charge in [0.1, 0.15) is 11.2 Å². The van der Waals surface area contributed by atoms with Gasteiger partial charge in [-0.15, -0.1) is 0 Å². The van der Waals surface area contributed by atoms with Gasteiger partial charge in [0.2, 0.25) is 0 Å². The third-order valence-corrected chi connectivity index (χ3v) is 13.4. The summed E-state index contributed by atoms with van der Waals surface area (Å²) in [6.45, 7) is 0. The molecule has 0 N–H and O–H groups in total. The maximum atomic E-state index is 6.30. The summed E-state index contributed by atoms with van der Waals surface area (Å²) in [4.78, 5) is 2.34. The van der Waals surface area contributed by atoms with E-state index >= 15 is 0 Å². The second kappa shape index (κ2) is 16.0. The Morgan fingerprint density at radius 2 is 0.881 bits per heavy atom. The fraction of sp³-hybridized carbons (Fsp3) is 0. The molecule has 67 heavy (non-hydrogen) atoms. The minimum absolute atomic E-state index is 0.890. The molecule has 0 aliphatic carbocycles. The summed E-state index contributed by atoms with van der Waals surface area (Å²) in [7, 11) is 0. The standard InChI is InChI=1S/C64H42N2O/c1-3-17-51(18-4-1)65(54-34-30-43-14-7-8-15-46(43)39-54)53-21-13-16-47(38-53)44-26-28-45(29-27-44)55-35-31-48(40-58(55)50-33-37-64-60(42-50)57-23-10-12-25-63(57)67-64)49-32-36-62-59(41-49)56-22-9-11-24-61(56)66(62)52-19-5-2-6-20-52/h1-42H. The van der Waals surface area contributed by atoms with E-state index in [1.54, 1.807) is 0 Å². The van der Waals surface area contributed by atoms with E-state index < -0.39 is 0 Å². The molecule has 13 aromatic rings. The first-order valence-corrected chi connectivity index (χ1v) is 22.9. The zero-order chi connectivity index (χ0) is 44.3. The summed E-state index contributed by atoms with van der Waals surface area (Å²) >= 11 is 0. The molecular formula is C64H42N2O. The van der Waals surface area contributed by atoms with Crippen molar-refractivity contribution in [1.82, 2.24) is 4.57 Å². The average molecular weight is 855 g/mol. The first-order valence-electron chi connectivity index (χ1n) is 22.9. The monoisotopic (exact) mass is 854 g/mol. The van der Waals surface area contributed by atoms with E-state index in [4.69, 9.17) is 4.42 Å². The lowest BCUT2D eigenvalue weighted by Crippen LogP contribution is -2.09. The number of benzene rings is 11. The van der Waals surface area contributed by atoms with Gasteiger partial charge in [-0.2, -0.15) is 0 Å². The highest BCUT2D eigenvalue weighted by Gasteiger charge is 2.18. The molecule has 0 amide bonds. The van der Waals surface area contributed by atoms with Crippen LogP contribution < -0.4 is 4.90 Å². The molecule has 0 saturated carbocycles. The number of nitrogens with zero attached hydrogens (tertiary/aromatic N) is 2. The Labute approximate surface area is 388 Å². The molecule has 0 radical (unpaired) electrons. The van der Waals surface area contributed by atoms with Crippen molar-refractivity contribution in [3.63, 3.8) is 0 Å². The molecule has 13 rings (SSSR count). The number of para-hydroxylation sites is 4. The highest BCUT2D eigenvalue weighted by molar-refractivity contribution is 6.11. The van der Waals surface area contributed by atoms with E-state index in [2.05, 4.69) is 252 Å². The van der Waals surface area contributed by atoms with Crippen LogP contribution in [-0.2, 0) is 0 Å². The molecular weight excluding hydrogens is 813 g/mol. The Morgan fingerprint density at radius 1 is 0.284 bits per heavy atom. The van der Waals surface area contributed by atoms with E-state index in [-0.39, 0.29) is 0 Å². The molecule has 0 bridgehead atoms. The third kappa shape index (κ3) is 6.76. The number of fused-ring (bicyclic) bond motifs is 7. The zero-order valence-electron chi connectivity index (χ0n) is 36.6. The fourth-order valence-corrected chi connectivity index (χ4v) is 10.1. The molecule has 0 atom stereocenters. The normalized spacial score (nSPS) is 11.6. The molecule has 3 nitrogen and oxygen atoms in total. The SMILES string of the molecule is c1ccc(N(c2cccc(-c3ccc(-c4ccc(-c5ccc6c(c5)c5ccccc5n6-c5ccccc5)cc4-c4ccc5oc6ccccc6c5c4)cc3)c2)c2ccc3ccccc3c2)cc1. The molecule has 0 aliphatic heterocycles. The van der Waals surface area contributed by atoms with Gasteiger partial charge < -0.3 is 13.9 Å². The fourth-order valence-electron chi connectivity index (χ4n) is 10.1. The zero-order valence-corrected chi connectivity index (χ0v) is 36.6. The maximum absolute atomic E-state index is 6.30. The lowest BCUT2D eigenvalue weighted by molar-refractivity contribution is 0.669. The predicted molar refractivity (Wildman–Crippen MR) is 282 cm³/mol. The lowest BCUT2D eigenvalue weighted by atomic mass is 9.89. The van der Waals surface area contributed by atoms with Gasteiger partial charge in [-0.05, 0) is 146 Å². The molecule has 0 saturated heterocycles. The van der Waals surface area contributed by atoms with Crippen molar-refractivity contribution < 1.29 is 4.42 Å². The van der Waals surface area contributed by atoms with Gasteiger partial charge in [0.25, 0.3) is 0 Å². The lowest BCUT2D eigenvalue weighted by Gasteiger charge is -2.26. The van der Waals surface area contributed by atoms with Crippen LogP contribution >= 0.6 is 0 Å². The van der Waals surface area contributed by atoms with Crippen LogP contribution in [0, 0.1) is 0 Å². The molecule has 2 aromatic heterocycles. The smallest absolute Gasteiger partial charge is 0.135 e. The van der Waals surface area contributed by atoms with Gasteiger partial charge in [0, 0.05) is 44.3 Å². The highest BCUT2D eigenvalue weighted by atomic mass is 16.3. The van der Waals surface area contributed by atoms with Crippen LogP contribution in [0.15, 0.2) is 259 Å². The number of furan rings is 1. The second-order valence-corrected chi connectivity index (χ2v) is 17.3. The van der Waals surface area contributed by atoms with Crippen molar-refractivity contribution in [1.29, 1.82) is 0 Å². The molecule has 3 heteroatoms. The van der Waals surface area contributed by atoms with Gasteiger partial charge in [-0.1, -0.05) is 164 Å². The first-order chi connectivity index (χ1) is 33.2. The van der Waals surface area contributed by atoms with Crippen LogP contribution in [0.5, 0.6) is 0 Å². The maximum Gasteiger partial charge on any atom is 0.135 e. The van der Waals surface area contributed by atoms with E-state index in [1.807, 2.05) is 12.1 Å². The van der Waals surface area contributed by atoms with Gasteiger partial charge in [-0.3, -0.25) is 0 Å². The Hall–Kier alpha value is -8.92. The largest absolute Gasteiger partial charge is 0.456 e. The summed E-state index contributed by atoms with van der Waals surface area (Å²) in [5.74, 6) is 0. The molecule has 2 heterocycles. The second-order valence-electron chi connectivity index (χ2n) is 17.3. The topological polar surface area (TPSA) is 21.3 Å². The summed E-state index contributed by atoms with van der Waals surface area (Å²) in [6.07, 6.45) is 0. The van der Waals surface area contributed by atoms with Gasteiger partial charge in [-0.25, -0.2) is 0 Å². The van der Waals surface area contributed by atoms with Gasteiger partial charge in [0.15, 0.2) is 0 Å². The Kier molecular flexibility index (Phi) is 9.17. The van der Waals surface area contributed by atoms with Crippen molar-refractivity contribution >= 4 is 71.6 Å². The minimum atomic E-state index is 0.890. The van der Waals surface area contributed by atoms with Crippen LogP contribution in [0.1, 0.15) is 0 Å². The van der Waals surface area contributed by atoms with Crippen LogP contribution in [0.25, 0.3) is 105 Å². The average Bonchev–Trinajstić information content (AvgIpc) is 3.94. The summed E-state index contributed by atoms with van der Waals surface area (Å²) in [6, 6.07) is 92.0. The molecule has 0 spiro atoms. The molecule has 0 fully saturated rings. The van der Waals surface area contributed by atoms with Crippen LogP contribution in [0.2, 0.25) is 0 Å². The van der Waals surface area contributed by atoms with Crippen LogP contribution in [0.3, 0.4) is 0 Å². The van der Waals surface area contributed by atoms with E-state index in [9.17, 15) is 0 Å². The van der Waals surface area contributed by atoms with Crippen molar-refractivity contribution in [2.75, 3.05) is 4.90 Å². The first kappa shape index (κ1) is 38.5. The Morgan fingerprint density at radius 3 is 1.75 bits per heavy atom. The Bertz CT molecular complexity index is 3980. The number of aromatic nitrogens is 1. The Balaban J connectivity index is 0.915. The van der Waals surface area contributed by atoms with E-state index in [1.165, 1.54) is 49.3 Å². The highest BCUT2D eigenvalue weighted by Crippen LogP contribution is 2.42.